The minimum absolute atomic E-state index is 0.269. The largest absolute Gasteiger partial charge is 0.334 e. The van der Waals surface area contributed by atoms with Crippen LogP contribution in [-0.2, 0) is 13.6 Å². The van der Waals surface area contributed by atoms with E-state index in [9.17, 15) is 4.79 Å². The summed E-state index contributed by atoms with van der Waals surface area (Å²) in [5.74, 6) is 0. The number of hydrogen-bond donors (Lipinski definition) is 2. The number of aromatic nitrogens is 4. The first-order valence-electron chi connectivity index (χ1n) is 8.51. The normalized spacial score (nSPS) is 10.7. The second kappa shape index (κ2) is 7.25. The number of carbonyl (C=O) groups excluding carboxylic acids is 1. The van der Waals surface area contributed by atoms with Crippen molar-refractivity contribution in [2.24, 2.45) is 7.05 Å². The number of anilines is 1. The van der Waals surface area contributed by atoms with Crippen molar-refractivity contribution in [1.82, 2.24) is 25.1 Å². The van der Waals surface area contributed by atoms with Gasteiger partial charge in [-0.05, 0) is 35.9 Å². The van der Waals surface area contributed by atoms with Crippen molar-refractivity contribution in [2.45, 2.75) is 6.54 Å². The first kappa shape index (κ1) is 16.7. The van der Waals surface area contributed by atoms with Crippen LogP contribution in [0.5, 0.6) is 0 Å². The van der Waals surface area contributed by atoms with Crippen molar-refractivity contribution in [2.75, 3.05) is 5.32 Å². The van der Waals surface area contributed by atoms with E-state index in [0.29, 0.717) is 6.54 Å². The molecule has 0 aliphatic carbocycles. The molecule has 0 unspecified atom stereocenters. The number of nitrogens with one attached hydrogen (secondary N) is 2. The van der Waals surface area contributed by atoms with E-state index in [4.69, 9.17) is 0 Å². The Morgan fingerprint density at radius 1 is 1.11 bits per heavy atom. The van der Waals surface area contributed by atoms with E-state index in [2.05, 4.69) is 25.7 Å². The lowest BCUT2D eigenvalue weighted by molar-refractivity contribution is 0.251. The zero-order valence-corrected chi connectivity index (χ0v) is 14.8. The molecule has 3 heterocycles. The van der Waals surface area contributed by atoms with Crippen LogP contribution < -0.4 is 10.6 Å². The molecule has 1 aromatic carbocycles. The highest BCUT2D eigenvalue weighted by Gasteiger charge is 2.05. The zero-order chi connectivity index (χ0) is 18.6. The molecule has 0 saturated carbocycles. The number of rotatable bonds is 4. The van der Waals surface area contributed by atoms with E-state index in [-0.39, 0.29) is 6.03 Å². The van der Waals surface area contributed by atoms with Crippen molar-refractivity contribution < 1.29 is 4.79 Å². The summed E-state index contributed by atoms with van der Waals surface area (Å²) >= 11 is 0. The minimum Gasteiger partial charge on any atom is -0.334 e. The lowest BCUT2D eigenvalue weighted by atomic mass is 10.2. The molecule has 0 atom stereocenters. The Morgan fingerprint density at radius 2 is 2.04 bits per heavy atom. The predicted molar refractivity (Wildman–Crippen MR) is 104 cm³/mol. The van der Waals surface area contributed by atoms with Gasteiger partial charge in [-0.1, -0.05) is 12.1 Å². The van der Waals surface area contributed by atoms with Gasteiger partial charge in [0.05, 0.1) is 17.4 Å². The minimum atomic E-state index is -0.269. The fourth-order valence-electron chi connectivity index (χ4n) is 2.76. The van der Waals surface area contributed by atoms with Gasteiger partial charge in [0.2, 0.25) is 0 Å². The highest BCUT2D eigenvalue weighted by molar-refractivity contribution is 5.92. The molecule has 7 nitrogen and oxygen atoms in total. The third-order valence-electron chi connectivity index (χ3n) is 4.14. The number of urea groups is 1. The van der Waals surface area contributed by atoms with E-state index in [0.717, 1.165) is 33.4 Å². The fraction of sp³-hybridized carbons (Fsp3) is 0.100. The number of hydrogen-bond acceptors (Lipinski definition) is 4. The molecule has 3 aromatic heterocycles. The van der Waals surface area contributed by atoms with Gasteiger partial charge >= 0.3 is 6.03 Å². The van der Waals surface area contributed by atoms with Crippen molar-refractivity contribution in [1.29, 1.82) is 0 Å². The van der Waals surface area contributed by atoms with Crippen LogP contribution in [0.2, 0.25) is 0 Å². The van der Waals surface area contributed by atoms with Gasteiger partial charge in [0.15, 0.2) is 0 Å². The second-order valence-corrected chi connectivity index (χ2v) is 6.17. The van der Waals surface area contributed by atoms with Gasteiger partial charge in [-0.2, -0.15) is 5.10 Å². The van der Waals surface area contributed by atoms with Gasteiger partial charge in [-0.15, -0.1) is 0 Å². The Labute approximate surface area is 156 Å². The number of carbonyl (C=O) groups is 1. The van der Waals surface area contributed by atoms with Crippen molar-refractivity contribution in [3.8, 4) is 11.3 Å². The average Bonchev–Trinajstić information content (AvgIpc) is 3.13. The first-order chi connectivity index (χ1) is 13.2. The lowest BCUT2D eigenvalue weighted by Gasteiger charge is -2.08. The molecule has 134 valence electrons. The highest BCUT2D eigenvalue weighted by Crippen LogP contribution is 2.17. The fourth-order valence-corrected chi connectivity index (χ4v) is 2.76. The Kier molecular flexibility index (Phi) is 4.49. The molecule has 4 aromatic rings. The summed E-state index contributed by atoms with van der Waals surface area (Å²) < 4.78 is 1.74. The summed E-state index contributed by atoms with van der Waals surface area (Å²) in [6.07, 6.45) is 7.18. The number of aryl methyl sites for hydroxylation is 1. The summed E-state index contributed by atoms with van der Waals surface area (Å²) in [5.41, 5.74) is 4.34. The molecule has 0 radical (unpaired) electrons. The summed E-state index contributed by atoms with van der Waals surface area (Å²) in [5, 5.41) is 10.8. The number of fused-ring (bicyclic) bond motifs is 1. The van der Waals surface area contributed by atoms with Crippen LogP contribution in [0, 0.1) is 0 Å². The smallest absolute Gasteiger partial charge is 0.319 e. The van der Waals surface area contributed by atoms with E-state index in [1.807, 2.05) is 55.7 Å². The summed E-state index contributed by atoms with van der Waals surface area (Å²) in [7, 11) is 1.87. The average molecular weight is 358 g/mol. The van der Waals surface area contributed by atoms with E-state index in [1.54, 1.807) is 23.3 Å². The monoisotopic (exact) mass is 358 g/mol. The van der Waals surface area contributed by atoms with Gasteiger partial charge in [-0.25, -0.2) is 4.79 Å². The second-order valence-electron chi connectivity index (χ2n) is 6.17. The van der Waals surface area contributed by atoms with Gasteiger partial charge < -0.3 is 10.6 Å². The van der Waals surface area contributed by atoms with E-state index >= 15 is 0 Å². The van der Waals surface area contributed by atoms with Crippen LogP contribution in [-0.4, -0.2) is 25.8 Å². The van der Waals surface area contributed by atoms with Crippen molar-refractivity contribution in [3.63, 3.8) is 0 Å². The molecule has 2 amide bonds. The molecule has 2 N–H and O–H groups in total. The third-order valence-corrected chi connectivity index (χ3v) is 4.14. The first-order valence-corrected chi connectivity index (χ1v) is 8.51. The van der Waals surface area contributed by atoms with Crippen LogP contribution in [0.3, 0.4) is 0 Å². The van der Waals surface area contributed by atoms with Crippen LogP contribution in [0.4, 0.5) is 10.5 Å². The molecule has 7 heteroatoms. The Hall–Kier alpha value is -3.74. The molecule has 27 heavy (non-hydrogen) atoms. The number of pyridine rings is 2. The summed E-state index contributed by atoms with van der Waals surface area (Å²) in [6, 6.07) is 13.0. The lowest BCUT2D eigenvalue weighted by Crippen LogP contribution is -2.28. The van der Waals surface area contributed by atoms with Crippen molar-refractivity contribution >= 4 is 22.6 Å². The molecular formula is C20H18N6O. The maximum atomic E-state index is 12.1. The Bertz CT molecular complexity index is 1090. The SMILES string of the molecule is Cn1cc(-c2ccc(CNC(=O)Nc3ccc4ncccc4c3)cn2)cn1. The molecule has 0 aliphatic heterocycles. The Balaban J connectivity index is 1.35. The number of amides is 2. The maximum absolute atomic E-state index is 12.1. The molecule has 4 rings (SSSR count). The van der Waals surface area contributed by atoms with Crippen LogP contribution >= 0.6 is 0 Å². The van der Waals surface area contributed by atoms with Gasteiger partial charge in [0, 0.05) is 48.8 Å². The topological polar surface area (TPSA) is 84.7 Å². The van der Waals surface area contributed by atoms with Gasteiger partial charge in [0.25, 0.3) is 0 Å². The van der Waals surface area contributed by atoms with Gasteiger partial charge in [-0.3, -0.25) is 14.6 Å². The van der Waals surface area contributed by atoms with E-state index < -0.39 is 0 Å². The molecule has 0 fully saturated rings. The summed E-state index contributed by atoms with van der Waals surface area (Å²) in [4.78, 5) is 20.8. The standard InChI is InChI=1S/C20H18N6O/c1-26-13-16(12-24-26)19-6-4-14(10-22-19)11-23-20(27)25-17-5-7-18-15(9-17)3-2-8-21-18/h2-10,12-13H,11H2,1H3,(H2,23,25,27). The van der Waals surface area contributed by atoms with Crippen LogP contribution in [0.25, 0.3) is 22.2 Å². The quantitative estimate of drug-likeness (QED) is 0.586. The number of nitrogens with zero attached hydrogens (tertiary/aromatic N) is 4. The maximum Gasteiger partial charge on any atom is 0.319 e. The molecule has 0 aliphatic rings. The molecular weight excluding hydrogens is 340 g/mol. The summed E-state index contributed by atoms with van der Waals surface area (Å²) in [6.45, 7) is 0.390. The van der Waals surface area contributed by atoms with E-state index in [1.165, 1.54) is 0 Å². The van der Waals surface area contributed by atoms with Crippen LogP contribution in [0.15, 0.2) is 67.3 Å². The van der Waals surface area contributed by atoms with Crippen LogP contribution in [0.1, 0.15) is 5.56 Å². The molecule has 0 saturated heterocycles. The highest BCUT2D eigenvalue weighted by atomic mass is 16.2. The zero-order valence-electron chi connectivity index (χ0n) is 14.8. The number of benzene rings is 1. The van der Waals surface area contributed by atoms with Gasteiger partial charge in [0.1, 0.15) is 0 Å². The predicted octanol–water partition coefficient (Wildman–Crippen LogP) is 3.35. The molecule has 0 bridgehead atoms. The van der Waals surface area contributed by atoms with Crippen molar-refractivity contribution in [3.05, 3.63) is 72.8 Å². The molecule has 0 spiro atoms. The third kappa shape index (κ3) is 3.92. The Morgan fingerprint density at radius 3 is 2.81 bits per heavy atom.